The molecule has 202 valence electrons. The summed E-state index contributed by atoms with van der Waals surface area (Å²) in [6.07, 6.45) is 4.53. The van der Waals surface area contributed by atoms with Crippen molar-refractivity contribution in [1.82, 2.24) is 5.16 Å². The molecule has 6 heteroatoms. The Morgan fingerprint density at radius 3 is 2.21 bits per heavy atom. The zero-order valence-corrected chi connectivity index (χ0v) is 23.6. The number of anilines is 1. The van der Waals surface area contributed by atoms with E-state index in [2.05, 4.69) is 77.8 Å². The van der Waals surface area contributed by atoms with Gasteiger partial charge in [0.25, 0.3) is 0 Å². The first-order valence-corrected chi connectivity index (χ1v) is 14.1. The van der Waals surface area contributed by atoms with Gasteiger partial charge in [-0.2, -0.15) is 0 Å². The third kappa shape index (κ3) is 6.20. The first kappa shape index (κ1) is 27.0. The van der Waals surface area contributed by atoms with Crippen LogP contribution in [0.5, 0.6) is 0 Å². The minimum atomic E-state index is -0.108. The van der Waals surface area contributed by atoms with E-state index in [1.165, 1.54) is 11.1 Å². The normalized spacial score (nSPS) is 13.7. The number of halogens is 1. The topological polar surface area (TPSA) is 55.6 Å². The molecular weight excluding hydrogens is 508 g/mol. The minimum Gasteiger partial charge on any atom is -0.466 e. The highest BCUT2D eigenvalue weighted by Gasteiger charge is 2.46. The fraction of sp³-hybridized carbons (Fsp3) is 0.333. The van der Waals surface area contributed by atoms with Crippen molar-refractivity contribution in [3.63, 3.8) is 0 Å². The van der Waals surface area contributed by atoms with Crippen LogP contribution < -0.4 is 4.90 Å². The molecule has 39 heavy (non-hydrogen) atoms. The molecule has 4 aromatic rings. The number of esters is 1. The summed E-state index contributed by atoms with van der Waals surface area (Å²) in [7, 11) is 2.09. The third-order valence-corrected chi connectivity index (χ3v) is 7.96. The van der Waals surface area contributed by atoms with E-state index in [0.29, 0.717) is 13.0 Å². The molecule has 1 heterocycles. The highest BCUT2D eigenvalue weighted by molar-refractivity contribution is 6.30. The van der Waals surface area contributed by atoms with Gasteiger partial charge in [-0.05, 0) is 73.9 Å². The van der Waals surface area contributed by atoms with E-state index < -0.39 is 0 Å². The summed E-state index contributed by atoms with van der Waals surface area (Å²) < 4.78 is 11.0. The molecule has 5 nitrogen and oxygen atoms in total. The molecule has 3 aromatic carbocycles. The van der Waals surface area contributed by atoms with Gasteiger partial charge in [0.15, 0.2) is 5.76 Å². The molecule has 5 rings (SSSR count). The summed E-state index contributed by atoms with van der Waals surface area (Å²) in [5.74, 6) is 0.682. The van der Waals surface area contributed by atoms with Crippen LogP contribution in [-0.4, -0.2) is 31.3 Å². The number of benzene rings is 3. The van der Waals surface area contributed by atoms with Crippen molar-refractivity contribution in [2.45, 2.75) is 51.4 Å². The average Bonchev–Trinajstić information content (AvgIpc) is 3.62. The van der Waals surface area contributed by atoms with Crippen molar-refractivity contribution in [2.24, 2.45) is 0 Å². The number of hydrogen-bond donors (Lipinski definition) is 0. The molecule has 0 aliphatic heterocycles. The molecule has 0 atom stereocenters. The third-order valence-electron chi connectivity index (χ3n) is 7.70. The number of carbonyl (C=O) groups is 1. The van der Waals surface area contributed by atoms with Crippen LogP contribution in [0.25, 0.3) is 22.5 Å². The molecule has 1 aromatic heterocycles. The Morgan fingerprint density at radius 1 is 0.974 bits per heavy atom. The molecular formula is C33H35ClN2O3. The van der Waals surface area contributed by atoms with Crippen molar-refractivity contribution in [2.75, 3.05) is 25.1 Å². The number of aromatic nitrogens is 1. The van der Waals surface area contributed by atoms with Crippen LogP contribution in [0.2, 0.25) is 5.02 Å². The summed E-state index contributed by atoms with van der Waals surface area (Å²) in [6, 6.07) is 25.1. The number of aryl methyl sites for hydroxylation is 2. The second-order valence-electron chi connectivity index (χ2n) is 10.5. The zero-order chi connectivity index (χ0) is 27.4. The lowest BCUT2D eigenvalue weighted by Gasteiger charge is -2.19. The second-order valence-corrected chi connectivity index (χ2v) is 11.0. The van der Waals surface area contributed by atoms with Crippen molar-refractivity contribution in [3.8, 4) is 22.5 Å². The maximum absolute atomic E-state index is 12.1. The second kappa shape index (κ2) is 11.7. The quantitative estimate of drug-likeness (QED) is 0.180. The molecule has 1 saturated carbocycles. The smallest absolute Gasteiger partial charge is 0.306 e. The molecule has 0 unspecified atom stereocenters. The van der Waals surface area contributed by atoms with E-state index in [-0.39, 0.29) is 11.4 Å². The molecule has 0 saturated heterocycles. The maximum Gasteiger partial charge on any atom is 0.306 e. The molecule has 0 spiro atoms. The summed E-state index contributed by atoms with van der Waals surface area (Å²) in [5, 5.41) is 5.04. The van der Waals surface area contributed by atoms with Gasteiger partial charge in [0, 0.05) is 29.6 Å². The van der Waals surface area contributed by atoms with Gasteiger partial charge in [0.05, 0.1) is 13.0 Å². The monoisotopic (exact) mass is 542 g/mol. The summed E-state index contributed by atoms with van der Waals surface area (Å²) in [5.41, 5.74) is 7.65. The fourth-order valence-electron chi connectivity index (χ4n) is 5.32. The van der Waals surface area contributed by atoms with Gasteiger partial charge in [0.2, 0.25) is 0 Å². The van der Waals surface area contributed by atoms with Crippen LogP contribution in [0.15, 0.2) is 77.3 Å². The van der Waals surface area contributed by atoms with Crippen molar-refractivity contribution < 1.29 is 14.1 Å². The molecule has 1 aliphatic carbocycles. The van der Waals surface area contributed by atoms with Crippen LogP contribution in [-0.2, 0) is 21.4 Å². The predicted octanol–water partition coefficient (Wildman–Crippen LogP) is 8.02. The first-order chi connectivity index (χ1) is 18.9. The molecule has 1 aliphatic rings. The lowest BCUT2D eigenvalue weighted by molar-refractivity contribution is -0.143. The van der Waals surface area contributed by atoms with Crippen molar-refractivity contribution in [1.29, 1.82) is 0 Å². The Hall–Kier alpha value is -3.57. The minimum absolute atomic E-state index is 0.0456. The predicted molar refractivity (Wildman–Crippen MR) is 157 cm³/mol. The number of carbonyl (C=O) groups excluding carboxylic acids is 1. The lowest BCUT2D eigenvalue weighted by Crippen LogP contribution is -2.20. The lowest BCUT2D eigenvalue weighted by atomic mass is 9.91. The average molecular weight is 543 g/mol. The Bertz CT molecular complexity index is 1410. The van der Waals surface area contributed by atoms with Gasteiger partial charge < -0.3 is 14.2 Å². The van der Waals surface area contributed by atoms with Gasteiger partial charge in [-0.3, -0.25) is 4.79 Å². The van der Waals surface area contributed by atoms with E-state index in [4.69, 9.17) is 20.9 Å². The Labute approximate surface area is 235 Å². The Balaban J connectivity index is 1.25. The Morgan fingerprint density at radius 2 is 1.59 bits per heavy atom. The van der Waals surface area contributed by atoms with Crippen LogP contribution >= 0.6 is 11.6 Å². The SMILES string of the molecule is CCOC(=O)CC1(c2ccc(-c3ccc(-c4onc(C)c4N(C)CCCc4ccc(Cl)cc4)cc3)cc2)CC1. The largest absolute Gasteiger partial charge is 0.466 e. The highest BCUT2D eigenvalue weighted by Crippen LogP contribution is 2.51. The van der Waals surface area contributed by atoms with E-state index in [1.807, 2.05) is 26.0 Å². The van der Waals surface area contributed by atoms with Crippen LogP contribution in [0.3, 0.4) is 0 Å². The standard InChI is InChI=1S/C33H35ClN2O3/c1-4-38-30(37)22-33(19-20-33)28-15-13-26(14-16-28)25-9-11-27(12-10-25)32-31(23(2)35-39-32)36(3)21-5-6-24-7-17-29(34)18-8-24/h7-18H,4-6,19-22H2,1-3H3. The molecule has 1 fully saturated rings. The van der Waals surface area contributed by atoms with Crippen molar-refractivity contribution >= 4 is 23.3 Å². The van der Waals surface area contributed by atoms with Crippen LogP contribution in [0, 0.1) is 6.92 Å². The highest BCUT2D eigenvalue weighted by atomic mass is 35.5. The van der Waals surface area contributed by atoms with Gasteiger partial charge in [-0.1, -0.05) is 77.4 Å². The summed E-state index contributed by atoms with van der Waals surface area (Å²) in [4.78, 5) is 14.3. The summed E-state index contributed by atoms with van der Waals surface area (Å²) >= 11 is 6.01. The van der Waals surface area contributed by atoms with Crippen LogP contribution in [0.1, 0.15) is 49.4 Å². The van der Waals surface area contributed by atoms with Crippen molar-refractivity contribution in [3.05, 3.63) is 94.6 Å². The maximum atomic E-state index is 12.1. The van der Waals surface area contributed by atoms with E-state index in [1.54, 1.807) is 0 Å². The fourth-order valence-corrected chi connectivity index (χ4v) is 5.45. The number of nitrogens with zero attached hydrogens (tertiary/aromatic N) is 2. The molecule has 0 N–H and O–H groups in total. The van der Waals surface area contributed by atoms with Gasteiger partial charge in [0.1, 0.15) is 11.4 Å². The van der Waals surface area contributed by atoms with Gasteiger partial charge in [-0.15, -0.1) is 0 Å². The molecule has 0 amide bonds. The van der Waals surface area contributed by atoms with Gasteiger partial charge >= 0.3 is 5.97 Å². The number of ether oxygens (including phenoxy) is 1. The number of hydrogen-bond acceptors (Lipinski definition) is 5. The molecule has 0 radical (unpaired) electrons. The first-order valence-electron chi connectivity index (χ1n) is 13.7. The van der Waals surface area contributed by atoms with Gasteiger partial charge in [-0.25, -0.2) is 0 Å². The number of rotatable bonds is 11. The van der Waals surface area contributed by atoms with E-state index >= 15 is 0 Å². The van der Waals surface area contributed by atoms with E-state index in [9.17, 15) is 4.79 Å². The Kier molecular flexibility index (Phi) is 8.08. The van der Waals surface area contributed by atoms with Crippen LogP contribution in [0.4, 0.5) is 5.69 Å². The van der Waals surface area contributed by atoms with E-state index in [0.717, 1.165) is 71.1 Å². The molecule has 0 bridgehead atoms. The summed E-state index contributed by atoms with van der Waals surface area (Å²) in [6.45, 7) is 5.16. The zero-order valence-electron chi connectivity index (χ0n) is 22.9.